The fourth-order valence-electron chi connectivity index (χ4n) is 3.30. The topological polar surface area (TPSA) is 52.3 Å². The molecule has 0 aromatic heterocycles. The average Bonchev–Trinajstić information content (AvgIpc) is 2.32. The molecule has 0 aromatic rings. The first kappa shape index (κ1) is 13.9. The van der Waals surface area contributed by atoms with Crippen LogP contribution >= 0.6 is 0 Å². The lowest BCUT2D eigenvalue weighted by molar-refractivity contribution is -0.152. The summed E-state index contributed by atoms with van der Waals surface area (Å²) in [6, 6.07) is 0. The first-order chi connectivity index (χ1) is 8.57. The summed E-state index contributed by atoms with van der Waals surface area (Å²) in [5, 5.41) is 0. The van der Waals surface area contributed by atoms with Crippen molar-refractivity contribution >= 4 is 5.97 Å². The molecular formula is C15H27NO2. The molecule has 0 amide bonds. The van der Waals surface area contributed by atoms with E-state index in [9.17, 15) is 4.79 Å². The van der Waals surface area contributed by atoms with Gasteiger partial charge in [-0.3, -0.25) is 4.79 Å². The Morgan fingerprint density at radius 1 is 1.17 bits per heavy atom. The van der Waals surface area contributed by atoms with Crippen LogP contribution < -0.4 is 5.73 Å². The van der Waals surface area contributed by atoms with Crippen LogP contribution in [-0.2, 0) is 9.53 Å². The van der Waals surface area contributed by atoms with Gasteiger partial charge in [0.15, 0.2) is 0 Å². The Morgan fingerprint density at radius 3 is 2.39 bits per heavy atom. The van der Waals surface area contributed by atoms with E-state index in [1.165, 1.54) is 19.3 Å². The fraction of sp³-hybridized carbons (Fsp3) is 0.933. The molecule has 2 rings (SSSR count). The molecule has 0 bridgehead atoms. The second-order valence-corrected chi connectivity index (χ2v) is 6.47. The molecule has 3 nitrogen and oxygen atoms in total. The third-order valence-corrected chi connectivity index (χ3v) is 4.61. The van der Waals surface area contributed by atoms with E-state index in [1.54, 1.807) is 0 Å². The number of carbonyl (C=O) groups excluding carboxylic acids is 1. The molecule has 0 aliphatic heterocycles. The highest BCUT2D eigenvalue weighted by Crippen LogP contribution is 2.30. The Kier molecular flexibility index (Phi) is 4.66. The monoisotopic (exact) mass is 253 g/mol. The molecule has 2 fully saturated rings. The minimum Gasteiger partial charge on any atom is -0.462 e. The Labute approximate surface area is 110 Å². The predicted molar refractivity (Wildman–Crippen MR) is 72.1 cm³/mol. The van der Waals surface area contributed by atoms with Gasteiger partial charge in [-0.05, 0) is 44.4 Å². The minimum atomic E-state index is -0.280. The Hall–Kier alpha value is -0.570. The number of hydrogen-bond donors (Lipinski definition) is 1. The molecule has 104 valence electrons. The number of ether oxygens (including phenoxy) is 1. The smallest absolute Gasteiger partial charge is 0.307 e. The molecule has 0 atom stereocenters. The lowest BCUT2D eigenvalue weighted by atomic mass is 9.80. The van der Waals surface area contributed by atoms with E-state index < -0.39 is 0 Å². The lowest BCUT2D eigenvalue weighted by Gasteiger charge is -2.33. The summed E-state index contributed by atoms with van der Waals surface area (Å²) in [6.07, 6.45) is 10.5. The number of carbonyl (C=O) groups is 1. The van der Waals surface area contributed by atoms with Crippen molar-refractivity contribution in [2.24, 2.45) is 11.7 Å². The number of esters is 1. The van der Waals surface area contributed by atoms with Gasteiger partial charge in [0.1, 0.15) is 6.10 Å². The van der Waals surface area contributed by atoms with Crippen LogP contribution in [0.15, 0.2) is 0 Å². The Morgan fingerprint density at radius 2 is 1.78 bits per heavy atom. The van der Waals surface area contributed by atoms with Crippen LogP contribution in [0.2, 0.25) is 0 Å². The van der Waals surface area contributed by atoms with Crippen molar-refractivity contribution in [1.29, 1.82) is 0 Å². The molecule has 2 aliphatic rings. The van der Waals surface area contributed by atoms with E-state index >= 15 is 0 Å². The predicted octanol–water partition coefficient (Wildman–Crippen LogP) is 3.16. The second kappa shape index (κ2) is 6.05. The van der Waals surface area contributed by atoms with E-state index in [-0.39, 0.29) is 17.6 Å². The SMILES string of the molecule is CC1CCC(OC(=O)CC2(N)CCCCC2)CC1. The van der Waals surface area contributed by atoms with Gasteiger partial charge in [-0.15, -0.1) is 0 Å². The molecule has 0 spiro atoms. The molecule has 0 aromatic carbocycles. The van der Waals surface area contributed by atoms with Crippen molar-refractivity contribution < 1.29 is 9.53 Å². The second-order valence-electron chi connectivity index (χ2n) is 6.47. The van der Waals surface area contributed by atoms with Crippen molar-refractivity contribution in [3.63, 3.8) is 0 Å². The first-order valence-corrected chi connectivity index (χ1v) is 7.56. The van der Waals surface area contributed by atoms with Crippen LogP contribution in [-0.4, -0.2) is 17.6 Å². The summed E-state index contributed by atoms with van der Waals surface area (Å²) in [5.74, 6) is 0.720. The Bertz CT molecular complexity index is 276. The lowest BCUT2D eigenvalue weighted by Crippen LogP contribution is -2.44. The maximum absolute atomic E-state index is 12.0. The summed E-state index contributed by atoms with van der Waals surface area (Å²) in [6.45, 7) is 2.27. The largest absolute Gasteiger partial charge is 0.462 e. The van der Waals surface area contributed by atoms with Crippen molar-refractivity contribution in [2.75, 3.05) is 0 Å². The van der Waals surface area contributed by atoms with E-state index in [2.05, 4.69) is 6.92 Å². The number of nitrogens with two attached hydrogens (primary N) is 1. The molecule has 3 heteroatoms. The zero-order valence-electron chi connectivity index (χ0n) is 11.6. The van der Waals surface area contributed by atoms with Gasteiger partial charge in [0.2, 0.25) is 0 Å². The maximum Gasteiger partial charge on any atom is 0.307 e. The third kappa shape index (κ3) is 3.98. The van der Waals surface area contributed by atoms with Gasteiger partial charge in [-0.25, -0.2) is 0 Å². The molecule has 2 N–H and O–H groups in total. The van der Waals surface area contributed by atoms with Gasteiger partial charge in [0.25, 0.3) is 0 Å². The van der Waals surface area contributed by atoms with E-state index in [0.717, 1.165) is 44.4 Å². The quantitative estimate of drug-likeness (QED) is 0.786. The van der Waals surface area contributed by atoms with Crippen molar-refractivity contribution in [3.05, 3.63) is 0 Å². The summed E-state index contributed by atoms with van der Waals surface area (Å²) >= 11 is 0. The summed E-state index contributed by atoms with van der Waals surface area (Å²) in [4.78, 5) is 12.0. The van der Waals surface area contributed by atoms with Crippen molar-refractivity contribution in [2.45, 2.75) is 82.8 Å². The zero-order valence-corrected chi connectivity index (χ0v) is 11.6. The molecule has 0 heterocycles. The van der Waals surface area contributed by atoms with Crippen LogP contribution in [0.3, 0.4) is 0 Å². The van der Waals surface area contributed by atoms with Crippen LogP contribution in [0.25, 0.3) is 0 Å². The van der Waals surface area contributed by atoms with Crippen LogP contribution in [0.4, 0.5) is 0 Å². The summed E-state index contributed by atoms with van der Waals surface area (Å²) in [7, 11) is 0. The minimum absolute atomic E-state index is 0.0704. The van der Waals surface area contributed by atoms with Crippen LogP contribution in [0, 0.1) is 5.92 Å². The molecule has 0 radical (unpaired) electrons. The number of rotatable bonds is 3. The van der Waals surface area contributed by atoms with Crippen LogP contribution in [0.5, 0.6) is 0 Å². The van der Waals surface area contributed by atoms with Gasteiger partial charge >= 0.3 is 5.97 Å². The number of hydrogen-bond acceptors (Lipinski definition) is 3. The third-order valence-electron chi connectivity index (χ3n) is 4.61. The van der Waals surface area contributed by atoms with Gasteiger partial charge in [0, 0.05) is 5.54 Å². The van der Waals surface area contributed by atoms with Crippen molar-refractivity contribution in [1.82, 2.24) is 0 Å². The molecule has 18 heavy (non-hydrogen) atoms. The standard InChI is InChI=1S/C15H27NO2/c1-12-5-7-13(8-6-12)18-14(17)11-15(16)9-3-2-4-10-15/h12-13H,2-11,16H2,1H3. The highest BCUT2D eigenvalue weighted by Gasteiger charge is 2.32. The molecule has 2 aliphatic carbocycles. The van der Waals surface area contributed by atoms with Gasteiger partial charge in [-0.2, -0.15) is 0 Å². The summed E-state index contributed by atoms with van der Waals surface area (Å²) < 4.78 is 5.59. The zero-order chi connectivity index (χ0) is 13.0. The van der Waals surface area contributed by atoms with Crippen molar-refractivity contribution in [3.8, 4) is 0 Å². The van der Waals surface area contributed by atoms with Crippen LogP contribution in [0.1, 0.15) is 71.1 Å². The fourth-order valence-corrected chi connectivity index (χ4v) is 3.30. The Balaban J connectivity index is 1.74. The van der Waals surface area contributed by atoms with E-state index in [0.29, 0.717) is 6.42 Å². The van der Waals surface area contributed by atoms with Gasteiger partial charge in [-0.1, -0.05) is 26.2 Å². The van der Waals surface area contributed by atoms with Gasteiger partial charge in [0.05, 0.1) is 6.42 Å². The van der Waals surface area contributed by atoms with E-state index in [1.807, 2.05) is 0 Å². The van der Waals surface area contributed by atoms with E-state index in [4.69, 9.17) is 10.5 Å². The normalized spacial score (nSPS) is 31.9. The van der Waals surface area contributed by atoms with Gasteiger partial charge < -0.3 is 10.5 Å². The molecular weight excluding hydrogens is 226 g/mol. The summed E-state index contributed by atoms with van der Waals surface area (Å²) in [5.41, 5.74) is 6.01. The highest BCUT2D eigenvalue weighted by molar-refractivity contribution is 5.71. The average molecular weight is 253 g/mol. The molecule has 0 saturated heterocycles. The highest BCUT2D eigenvalue weighted by atomic mass is 16.5. The molecule has 2 saturated carbocycles. The maximum atomic E-state index is 12.0. The molecule has 0 unspecified atom stereocenters. The first-order valence-electron chi connectivity index (χ1n) is 7.56.